The molecule has 25 heavy (non-hydrogen) atoms. The molecule has 0 unspecified atom stereocenters. The van der Waals surface area contributed by atoms with E-state index >= 15 is 0 Å². The molecule has 1 aliphatic rings. The Morgan fingerprint density at radius 2 is 1.92 bits per heavy atom. The number of rotatable bonds is 6. The topological polar surface area (TPSA) is 55.8 Å². The molecule has 4 nitrogen and oxygen atoms in total. The molecule has 3 rings (SSSR count). The van der Waals surface area contributed by atoms with Crippen LogP contribution in [-0.2, 0) is 17.8 Å². The second kappa shape index (κ2) is 7.43. The third-order valence-electron chi connectivity index (χ3n) is 4.55. The number of carboxylic acids is 1. The van der Waals surface area contributed by atoms with Crippen LogP contribution in [0.2, 0.25) is 0 Å². The van der Waals surface area contributed by atoms with Crippen molar-refractivity contribution in [3.05, 3.63) is 64.7 Å². The number of carboxylic acid groups (broad SMARTS) is 1. The molecule has 1 aliphatic carbocycles. The molecule has 0 fully saturated rings. The highest BCUT2D eigenvalue weighted by Gasteiger charge is 2.27. The third-order valence-corrected chi connectivity index (χ3v) is 4.55. The minimum absolute atomic E-state index is 0.433. The Kier molecular flexibility index (Phi) is 5.08. The molecule has 2 aromatic rings. The summed E-state index contributed by atoms with van der Waals surface area (Å²) >= 11 is 0. The van der Waals surface area contributed by atoms with Crippen molar-refractivity contribution in [1.82, 2.24) is 0 Å². The summed E-state index contributed by atoms with van der Waals surface area (Å²) < 4.78 is 11.5. The number of benzene rings is 2. The lowest BCUT2D eigenvalue weighted by molar-refractivity contribution is -0.132. The fraction of sp³-hybridized carbons (Fsp3) is 0.286. The van der Waals surface area contributed by atoms with Gasteiger partial charge in [0.25, 0.3) is 0 Å². The van der Waals surface area contributed by atoms with Crippen molar-refractivity contribution < 1.29 is 19.4 Å². The summed E-state index contributed by atoms with van der Waals surface area (Å²) in [5, 5.41) is 9.54. The maximum Gasteiger partial charge on any atom is 0.331 e. The van der Waals surface area contributed by atoms with Crippen LogP contribution in [0.15, 0.2) is 48.0 Å². The highest BCUT2D eigenvalue weighted by atomic mass is 16.5. The highest BCUT2D eigenvalue weighted by Crippen LogP contribution is 2.43. The van der Waals surface area contributed by atoms with E-state index in [2.05, 4.69) is 0 Å². The van der Waals surface area contributed by atoms with E-state index in [4.69, 9.17) is 9.47 Å². The van der Waals surface area contributed by atoms with E-state index in [1.807, 2.05) is 49.4 Å². The van der Waals surface area contributed by atoms with Gasteiger partial charge in [-0.1, -0.05) is 37.3 Å². The van der Waals surface area contributed by atoms with Gasteiger partial charge in [-0.15, -0.1) is 0 Å². The van der Waals surface area contributed by atoms with Crippen molar-refractivity contribution in [3.8, 4) is 11.5 Å². The number of methoxy groups -OCH3 is 1. The maximum atomic E-state index is 11.6. The van der Waals surface area contributed by atoms with E-state index in [1.54, 1.807) is 7.11 Å². The molecule has 0 heterocycles. The molecular formula is C21H22O4. The zero-order chi connectivity index (χ0) is 17.8. The summed E-state index contributed by atoms with van der Waals surface area (Å²) in [4.78, 5) is 11.6. The van der Waals surface area contributed by atoms with Crippen molar-refractivity contribution in [1.29, 1.82) is 0 Å². The molecule has 0 saturated carbocycles. The maximum absolute atomic E-state index is 11.6. The molecule has 0 bridgehead atoms. The van der Waals surface area contributed by atoms with E-state index in [0.717, 1.165) is 40.9 Å². The van der Waals surface area contributed by atoms with Gasteiger partial charge in [0.15, 0.2) is 0 Å². The lowest BCUT2D eigenvalue weighted by Crippen LogP contribution is -2.04. The van der Waals surface area contributed by atoms with Gasteiger partial charge < -0.3 is 14.6 Å². The van der Waals surface area contributed by atoms with E-state index in [-0.39, 0.29) is 0 Å². The van der Waals surface area contributed by atoms with Crippen LogP contribution in [0.3, 0.4) is 0 Å². The van der Waals surface area contributed by atoms with Crippen molar-refractivity contribution in [2.24, 2.45) is 0 Å². The van der Waals surface area contributed by atoms with Crippen LogP contribution in [0.5, 0.6) is 11.5 Å². The smallest absolute Gasteiger partial charge is 0.331 e. The van der Waals surface area contributed by atoms with Gasteiger partial charge in [0.1, 0.15) is 18.1 Å². The van der Waals surface area contributed by atoms with Gasteiger partial charge in [0.05, 0.1) is 7.11 Å². The third kappa shape index (κ3) is 3.53. The predicted molar refractivity (Wildman–Crippen MR) is 96.9 cm³/mol. The predicted octanol–water partition coefficient (Wildman–Crippen LogP) is 4.47. The van der Waals surface area contributed by atoms with E-state index in [1.165, 1.54) is 0 Å². The fourth-order valence-corrected chi connectivity index (χ4v) is 3.33. The van der Waals surface area contributed by atoms with Gasteiger partial charge in [-0.25, -0.2) is 4.79 Å². The number of hydrogen-bond donors (Lipinski definition) is 1. The number of aryl methyl sites for hydroxylation is 1. The first-order valence-corrected chi connectivity index (χ1v) is 8.47. The number of carbonyl (C=O) groups is 1. The van der Waals surface area contributed by atoms with Crippen molar-refractivity contribution in [2.45, 2.75) is 32.8 Å². The average Bonchev–Trinajstić information content (AvgIpc) is 3.04. The standard InChI is InChI=1S/C21H22O4/c1-3-17(21(22)23)18-10-9-15-11-16(24-2)12-19(20(15)18)25-13-14-7-5-4-6-8-14/h4-8,11-12H,3,9-10,13H2,1-2H3,(H,22,23)/b18-17-. The van der Waals surface area contributed by atoms with Crippen molar-refractivity contribution in [3.63, 3.8) is 0 Å². The minimum atomic E-state index is -0.852. The summed E-state index contributed by atoms with van der Waals surface area (Å²) in [6.45, 7) is 2.31. The molecule has 0 amide bonds. The molecule has 2 aromatic carbocycles. The normalized spacial score (nSPS) is 14.8. The minimum Gasteiger partial charge on any atom is -0.497 e. The molecule has 1 N–H and O–H groups in total. The molecule has 4 heteroatoms. The van der Waals surface area contributed by atoms with Gasteiger partial charge in [0, 0.05) is 17.2 Å². The van der Waals surface area contributed by atoms with Crippen LogP contribution in [0.25, 0.3) is 5.57 Å². The van der Waals surface area contributed by atoms with Crippen LogP contribution in [0.1, 0.15) is 36.5 Å². The Hall–Kier alpha value is -2.75. The molecule has 0 spiro atoms. The number of aliphatic carboxylic acids is 1. The Bertz CT molecular complexity index is 806. The van der Waals surface area contributed by atoms with Gasteiger partial charge >= 0.3 is 5.97 Å². The lowest BCUT2D eigenvalue weighted by atomic mass is 9.98. The fourth-order valence-electron chi connectivity index (χ4n) is 3.33. The van der Waals surface area contributed by atoms with Gasteiger partial charge in [-0.3, -0.25) is 0 Å². The lowest BCUT2D eigenvalue weighted by Gasteiger charge is -2.15. The molecule has 0 radical (unpaired) electrons. The Balaban J connectivity index is 2.03. The van der Waals surface area contributed by atoms with E-state index in [9.17, 15) is 9.90 Å². The van der Waals surface area contributed by atoms with Crippen LogP contribution in [0.4, 0.5) is 0 Å². The summed E-state index contributed by atoms with van der Waals surface area (Å²) in [5.74, 6) is 0.574. The van der Waals surface area contributed by atoms with Crippen LogP contribution in [0, 0.1) is 0 Å². The largest absolute Gasteiger partial charge is 0.497 e. The van der Waals surface area contributed by atoms with Crippen LogP contribution in [-0.4, -0.2) is 18.2 Å². The van der Waals surface area contributed by atoms with Crippen molar-refractivity contribution >= 4 is 11.5 Å². The second-order valence-corrected chi connectivity index (χ2v) is 6.05. The quantitative estimate of drug-likeness (QED) is 0.790. The number of ether oxygens (including phenoxy) is 2. The first-order chi connectivity index (χ1) is 12.1. The summed E-state index contributed by atoms with van der Waals surface area (Å²) in [5.41, 5.74) is 4.43. The number of hydrogen-bond acceptors (Lipinski definition) is 3. The Morgan fingerprint density at radius 1 is 1.16 bits per heavy atom. The van der Waals surface area contributed by atoms with Gasteiger partial charge in [-0.2, -0.15) is 0 Å². The molecule has 0 saturated heterocycles. The van der Waals surface area contributed by atoms with E-state index in [0.29, 0.717) is 24.4 Å². The molecule has 0 atom stereocenters. The molecule has 130 valence electrons. The first kappa shape index (κ1) is 17.1. The monoisotopic (exact) mass is 338 g/mol. The van der Waals surface area contributed by atoms with E-state index < -0.39 is 5.97 Å². The second-order valence-electron chi connectivity index (χ2n) is 6.05. The molecule has 0 aliphatic heterocycles. The van der Waals surface area contributed by atoms with Gasteiger partial charge in [0.2, 0.25) is 0 Å². The SMILES string of the molecule is CC/C(C(=O)O)=C1\CCc2cc(OC)cc(OCc3ccccc3)c21. The molecule has 0 aromatic heterocycles. The van der Waals surface area contributed by atoms with Crippen LogP contribution >= 0.6 is 0 Å². The first-order valence-electron chi connectivity index (χ1n) is 8.47. The zero-order valence-corrected chi connectivity index (χ0v) is 14.5. The number of allylic oxidation sites excluding steroid dienone is 1. The van der Waals surface area contributed by atoms with Crippen LogP contribution < -0.4 is 9.47 Å². The highest BCUT2D eigenvalue weighted by molar-refractivity contribution is 5.98. The van der Waals surface area contributed by atoms with Crippen molar-refractivity contribution in [2.75, 3.05) is 7.11 Å². The average molecular weight is 338 g/mol. The Morgan fingerprint density at radius 3 is 2.56 bits per heavy atom. The molecular weight excluding hydrogens is 316 g/mol. The summed E-state index contributed by atoms with van der Waals surface area (Å²) in [6.07, 6.45) is 2.02. The number of fused-ring (bicyclic) bond motifs is 1. The Labute approximate surface area is 147 Å². The summed E-state index contributed by atoms with van der Waals surface area (Å²) in [7, 11) is 1.63. The summed E-state index contributed by atoms with van der Waals surface area (Å²) in [6, 6.07) is 13.8. The van der Waals surface area contributed by atoms with Gasteiger partial charge in [-0.05, 0) is 42.0 Å². The zero-order valence-electron chi connectivity index (χ0n) is 14.5.